The van der Waals surface area contributed by atoms with Gasteiger partial charge in [0.25, 0.3) is 0 Å². The van der Waals surface area contributed by atoms with Crippen LogP contribution in [0, 0.1) is 5.92 Å². The van der Waals surface area contributed by atoms with E-state index in [1.54, 1.807) is 0 Å². The topological polar surface area (TPSA) is 0 Å². The number of halogens is 1. The van der Waals surface area contributed by atoms with E-state index in [1.165, 1.54) is 37.9 Å². The highest BCUT2D eigenvalue weighted by Crippen LogP contribution is 2.31. The van der Waals surface area contributed by atoms with Gasteiger partial charge in [-0.15, -0.1) is 0 Å². The van der Waals surface area contributed by atoms with Crippen LogP contribution in [0.4, 0.5) is 0 Å². The summed E-state index contributed by atoms with van der Waals surface area (Å²) in [5, 5.41) is 0. The molecule has 2 heteroatoms. The third-order valence-electron chi connectivity index (χ3n) is 2.45. The minimum absolute atomic E-state index is 0.822. The molecule has 0 saturated heterocycles. The third-order valence-corrected chi connectivity index (χ3v) is 3.92. The van der Waals surface area contributed by atoms with Gasteiger partial charge in [0.15, 0.2) is 0 Å². The molecule has 0 heterocycles. The van der Waals surface area contributed by atoms with Crippen LogP contribution in [0.25, 0.3) is 0 Å². The van der Waals surface area contributed by atoms with Crippen molar-refractivity contribution in [1.82, 2.24) is 0 Å². The summed E-state index contributed by atoms with van der Waals surface area (Å²) in [6.07, 6.45) is 9.37. The summed E-state index contributed by atoms with van der Waals surface area (Å²) in [5.74, 6) is 2.37. The van der Waals surface area contributed by atoms with Crippen molar-refractivity contribution in [3.63, 3.8) is 0 Å². The normalized spacial score (nSPS) is 32.2. The first-order valence-electron chi connectivity index (χ1n) is 4.46. The Bertz CT molecular complexity index is 106. The van der Waals surface area contributed by atoms with E-state index in [9.17, 15) is 0 Å². The van der Waals surface area contributed by atoms with Crippen molar-refractivity contribution in [2.75, 3.05) is 12.0 Å². The second kappa shape index (κ2) is 5.47. The zero-order chi connectivity index (χ0) is 8.10. The molecule has 1 aliphatic rings. The molecule has 0 aliphatic heterocycles. The lowest BCUT2D eigenvalue weighted by molar-refractivity contribution is 0.362. The molecule has 2 atom stereocenters. The minimum Gasteiger partial charge on any atom is -0.165 e. The molecule has 0 aromatic carbocycles. The fourth-order valence-electron chi connectivity index (χ4n) is 1.77. The zero-order valence-corrected chi connectivity index (χ0v) is 9.59. The summed E-state index contributed by atoms with van der Waals surface area (Å²) in [6.45, 7) is 0. The molecule has 11 heavy (non-hydrogen) atoms. The van der Waals surface area contributed by atoms with Crippen LogP contribution < -0.4 is 0 Å². The molecule has 0 bridgehead atoms. The van der Waals surface area contributed by atoms with Gasteiger partial charge in [0, 0.05) is 4.83 Å². The number of hydrogen-bond donors (Lipinski definition) is 0. The summed E-state index contributed by atoms with van der Waals surface area (Å²) < 4.78 is 0. The predicted octanol–water partition coefficient (Wildman–Crippen LogP) is 3.69. The molecule has 1 rings (SSSR count). The molecule has 1 saturated carbocycles. The molecule has 1 fully saturated rings. The molecule has 2 unspecified atom stereocenters. The molecule has 66 valence electrons. The van der Waals surface area contributed by atoms with E-state index in [0.717, 1.165) is 10.7 Å². The first-order chi connectivity index (χ1) is 5.33. The Hall–Kier alpha value is 0.830. The lowest BCUT2D eigenvalue weighted by Gasteiger charge is -2.25. The summed E-state index contributed by atoms with van der Waals surface area (Å²) in [5.41, 5.74) is 0. The summed E-state index contributed by atoms with van der Waals surface area (Å²) in [4.78, 5) is 0.822. The molecule has 0 N–H and O–H groups in total. The highest BCUT2D eigenvalue weighted by atomic mass is 79.9. The molecular formula is C9H17BrS. The van der Waals surface area contributed by atoms with E-state index in [1.807, 2.05) is 11.8 Å². The van der Waals surface area contributed by atoms with Gasteiger partial charge in [-0.2, -0.15) is 11.8 Å². The monoisotopic (exact) mass is 236 g/mol. The SMILES string of the molecule is CSCCC1CCCC(Br)C1. The number of rotatable bonds is 3. The van der Waals surface area contributed by atoms with Crippen LogP contribution in [0.3, 0.4) is 0 Å². The number of alkyl halides is 1. The molecule has 0 nitrogen and oxygen atoms in total. The second-order valence-corrected chi connectivity index (χ2v) is 5.69. The second-order valence-electron chi connectivity index (χ2n) is 3.41. The first kappa shape index (κ1) is 9.91. The van der Waals surface area contributed by atoms with Gasteiger partial charge in [-0.05, 0) is 37.2 Å². The van der Waals surface area contributed by atoms with Crippen LogP contribution >= 0.6 is 27.7 Å². The van der Waals surface area contributed by atoms with Gasteiger partial charge < -0.3 is 0 Å². The van der Waals surface area contributed by atoms with Crippen molar-refractivity contribution >= 4 is 27.7 Å². The Kier molecular flexibility index (Phi) is 4.93. The maximum atomic E-state index is 3.71. The smallest absolute Gasteiger partial charge is 0.0148 e. The van der Waals surface area contributed by atoms with Gasteiger partial charge in [-0.1, -0.05) is 28.8 Å². The Balaban J connectivity index is 2.12. The van der Waals surface area contributed by atoms with Crippen molar-refractivity contribution in [2.24, 2.45) is 5.92 Å². The van der Waals surface area contributed by atoms with E-state index in [2.05, 4.69) is 22.2 Å². The Morgan fingerprint density at radius 3 is 2.91 bits per heavy atom. The van der Waals surface area contributed by atoms with Gasteiger partial charge in [-0.3, -0.25) is 0 Å². The summed E-state index contributed by atoms with van der Waals surface area (Å²) >= 11 is 5.69. The zero-order valence-electron chi connectivity index (χ0n) is 7.18. The van der Waals surface area contributed by atoms with Crippen molar-refractivity contribution in [1.29, 1.82) is 0 Å². The molecular weight excluding hydrogens is 220 g/mol. The van der Waals surface area contributed by atoms with Gasteiger partial charge >= 0.3 is 0 Å². The van der Waals surface area contributed by atoms with Crippen LogP contribution in [0.2, 0.25) is 0 Å². The van der Waals surface area contributed by atoms with Gasteiger partial charge in [0.2, 0.25) is 0 Å². The van der Waals surface area contributed by atoms with Crippen LogP contribution in [-0.4, -0.2) is 16.8 Å². The maximum absolute atomic E-state index is 3.71. The van der Waals surface area contributed by atoms with Gasteiger partial charge in [-0.25, -0.2) is 0 Å². The maximum Gasteiger partial charge on any atom is 0.0148 e. The highest BCUT2D eigenvalue weighted by molar-refractivity contribution is 9.09. The van der Waals surface area contributed by atoms with Gasteiger partial charge in [0.1, 0.15) is 0 Å². The molecule has 1 aliphatic carbocycles. The molecule has 0 spiro atoms. The van der Waals surface area contributed by atoms with Crippen molar-refractivity contribution in [3.8, 4) is 0 Å². The Morgan fingerprint density at radius 2 is 2.27 bits per heavy atom. The van der Waals surface area contributed by atoms with Crippen LogP contribution in [0.5, 0.6) is 0 Å². The van der Waals surface area contributed by atoms with Crippen LogP contribution in [0.1, 0.15) is 32.1 Å². The van der Waals surface area contributed by atoms with E-state index in [-0.39, 0.29) is 0 Å². The fourth-order valence-corrected chi connectivity index (χ4v) is 3.19. The number of hydrogen-bond acceptors (Lipinski definition) is 1. The van der Waals surface area contributed by atoms with Crippen LogP contribution in [0.15, 0.2) is 0 Å². The molecule has 0 aromatic heterocycles. The molecule has 0 aromatic rings. The summed E-state index contributed by atoms with van der Waals surface area (Å²) in [7, 11) is 0. The Morgan fingerprint density at radius 1 is 1.45 bits per heavy atom. The summed E-state index contributed by atoms with van der Waals surface area (Å²) in [6, 6.07) is 0. The fraction of sp³-hybridized carbons (Fsp3) is 1.00. The van der Waals surface area contributed by atoms with Crippen molar-refractivity contribution in [2.45, 2.75) is 36.9 Å². The lowest BCUT2D eigenvalue weighted by atomic mass is 9.87. The average molecular weight is 237 g/mol. The van der Waals surface area contributed by atoms with E-state index in [0.29, 0.717) is 0 Å². The standard InChI is InChI=1S/C9H17BrS/c1-11-6-5-8-3-2-4-9(10)7-8/h8-9H,2-7H2,1H3. The predicted molar refractivity (Wildman–Crippen MR) is 57.7 cm³/mol. The Labute approximate surface area is 82.6 Å². The van der Waals surface area contributed by atoms with E-state index >= 15 is 0 Å². The molecule has 0 radical (unpaired) electrons. The quantitative estimate of drug-likeness (QED) is 0.674. The van der Waals surface area contributed by atoms with E-state index in [4.69, 9.17) is 0 Å². The molecule has 0 amide bonds. The van der Waals surface area contributed by atoms with Crippen molar-refractivity contribution in [3.05, 3.63) is 0 Å². The van der Waals surface area contributed by atoms with Crippen molar-refractivity contribution < 1.29 is 0 Å². The minimum atomic E-state index is 0.822. The van der Waals surface area contributed by atoms with E-state index < -0.39 is 0 Å². The third kappa shape index (κ3) is 3.84. The van der Waals surface area contributed by atoms with Gasteiger partial charge in [0.05, 0.1) is 0 Å². The lowest BCUT2D eigenvalue weighted by Crippen LogP contribution is -2.15. The highest BCUT2D eigenvalue weighted by Gasteiger charge is 2.18. The van der Waals surface area contributed by atoms with Crippen LogP contribution in [-0.2, 0) is 0 Å². The largest absolute Gasteiger partial charge is 0.165 e. The number of thioether (sulfide) groups is 1. The average Bonchev–Trinajstić information content (AvgIpc) is 2.01. The first-order valence-corrected chi connectivity index (χ1v) is 6.77.